The molecule has 0 saturated carbocycles. The molecule has 2 aromatic heterocycles. The summed E-state index contributed by atoms with van der Waals surface area (Å²) in [6.45, 7) is 0.632. The van der Waals surface area contributed by atoms with Gasteiger partial charge in [-0.2, -0.15) is 0 Å². The van der Waals surface area contributed by atoms with Crippen molar-refractivity contribution in [1.29, 1.82) is 0 Å². The van der Waals surface area contributed by atoms with Crippen molar-refractivity contribution in [2.45, 2.75) is 9.50 Å². The van der Waals surface area contributed by atoms with E-state index < -0.39 is 0 Å². The summed E-state index contributed by atoms with van der Waals surface area (Å²) in [7, 11) is 1.65. The van der Waals surface area contributed by atoms with E-state index in [9.17, 15) is 4.79 Å². The Morgan fingerprint density at radius 2 is 2.04 bits per heavy atom. The second-order valence-corrected chi connectivity index (χ2v) is 8.36. The van der Waals surface area contributed by atoms with Crippen molar-refractivity contribution in [3.63, 3.8) is 0 Å². The number of ether oxygens (including phenoxy) is 1. The molecule has 27 heavy (non-hydrogen) atoms. The van der Waals surface area contributed by atoms with Crippen LogP contribution in [0, 0.1) is 0 Å². The maximum atomic E-state index is 12.1. The molecule has 3 rings (SSSR count). The third-order valence-corrected chi connectivity index (χ3v) is 6.07. The molecule has 0 aliphatic heterocycles. The number of aromatic nitrogens is 5. The van der Waals surface area contributed by atoms with Gasteiger partial charge >= 0.3 is 0 Å². The molecule has 1 aromatic carbocycles. The van der Waals surface area contributed by atoms with Gasteiger partial charge in [0.1, 0.15) is 0 Å². The smallest absolute Gasteiger partial charge is 0.236 e. The van der Waals surface area contributed by atoms with Crippen LogP contribution in [-0.4, -0.2) is 56.2 Å². The maximum absolute atomic E-state index is 12.1. The van der Waals surface area contributed by atoms with E-state index in [-0.39, 0.29) is 11.7 Å². The number of hydrogen-bond donors (Lipinski definition) is 2. The van der Waals surface area contributed by atoms with Crippen LogP contribution in [0.2, 0.25) is 0 Å². The summed E-state index contributed by atoms with van der Waals surface area (Å²) in [5.41, 5.74) is 0.858. The van der Waals surface area contributed by atoms with Gasteiger partial charge in [0.15, 0.2) is 10.2 Å². The first-order valence-electron chi connectivity index (χ1n) is 7.81. The van der Waals surface area contributed by atoms with Crippen LogP contribution in [0.5, 0.6) is 0 Å². The summed E-state index contributed by atoms with van der Waals surface area (Å²) in [6.07, 6.45) is 0. The Hall–Kier alpha value is -2.15. The number of thioether (sulfide) groups is 2. The van der Waals surface area contributed by atoms with Crippen molar-refractivity contribution in [3.05, 3.63) is 30.3 Å². The number of amides is 1. The normalized spacial score (nSPS) is 10.9. The summed E-state index contributed by atoms with van der Waals surface area (Å²) in [5, 5.41) is 19.8. The van der Waals surface area contributed by atoms with Gasteiger partial charge in [-0.3, -0.25) is 10.1 Å². The quantitative estimate of drug-likeness (QED) is 0.230. The van der Waals surface area contributed by atoms with Crippen LogP contribution < -0.4 is 11.2 Å². The second-order valence-electron chi connectivity index (χ2n) is 5.09. The Kier molecular flexibility index (Phi) is 7.04. The number of methoxy groups -OCH3 is 1. The van der Waals surface area contributed by atoms with Crippen LogP contribution in [0.15, 0.2) is 39.8 Å². The lowest BCUT2D eigenvalue weighted by molar-refractivity contribution is -0.113. The molecule has 2 heterocycles. The van der Waals surface area contributed by atoms with Crippen LogP contribution in [-0.2, 0) is 9.53 Å². The molecule has 0 bridgehead atoms. The molecule has 12 heteroatoms. The van der Waals surface area contributed by atoms with Gasteiger partial charge in [0.25, 0.3) is 0 Å². The number of rotatable bonds is 9. The first-order valence-corrected chi connectivity index (χ1v) is 10.6. The van der Waals surface area contributed by atoms with Crippen molar-refractivity contribution in [3.8, 4) is 11.4 Å². The molecule has 142 valence electrons. The van der Waals surface area contributed by atoms with Crippen LogP contribution in [0.1, 0.15) is 0 Å². The van der Waals surface area contributed by atoms with Gasteiger partial charge in [-0.25, -0.2) is 4.68 Å². The zero-order valence-corrected chi connectivity index (χ0v) is 16.8. The SMILES string of the molecule is COCCSc1nnc(NC(=O)CSc2nnc(-c3ccccc3)n2N)s1. The van der Waals surface area contributed by atoms with Crippen molar-refractivity contribution >= 4 is 45.9 Å². The maximum Gasteiger partial charge on any atom is 0.236 e. The van der Waals surface area contributed by atoms with E-state index in [0.29, 0.717) is 22.7 Å². The first-order chi connectivity index (χ1) is 13.2. The van der Waals surface area contributed by atoms with Crippen LogP contribution >= 0.6 is 34.9 Å². The fourth-order valence-electron chi connectivity index (χ4n) is 1.98. The van der Waals surface area contributed by atoms with E-state index >= 15 is 0 Å². The lowest BCUT2D eigenvalue weighted by Crippen LogP contribution is -2.16. The topological polar surface area (TPSA) is 121 Å². The fourth-order valence-corrected chi connectivity index (χ4v) is 4.37. The largest absolute Gasteiger partial charge is 0.384 e. The minimum Gasteiger partial charge on any atom is -0.384 e. The van der Waals surface area contributed by atoms with Crippen molar-refractivity contribution < 1.29 is 9.53 Å². The van der Waals surface area contributed by atoms with Crippen molar-refractivity contribution in [2.24, 2.45) is 0 Å². The Morgan fingerprint density at radius 1 is 1.22 bits per heavy atom. The molecule has 3 N–H and O–H groups in total. The summed E-state index contributed by atoms with van der Waals surface area (Å²) in [6, 6.07) is 9.50. The van der Waals surface area contributed by atoms with E-state index in [1.807, 2.05) is 30.3 Å². The molecule has 1 amide bonds. The Labute approximate surface area is 168 Å². The minimum absolute atomic E-state index is 0.135. The summed E-state index contributed by atoms with van der Waals surface area (Å²) >= 11 is 4.06. The lowest BCUT2D eigenvalue weighted by Gasteiger charge is -2.03. The number of hydrogen-bond acceptors (Lipinski definition) is 10. The number of nitrogens with zero attached hydrogens (tertiary/aromatic N) is 5. The highest BCUT2D eigenvalue weighted by atomic mass is 32.2. The summed E-state index contributed by atoms with van der Waals surface area (Å²) < 4.78 is 7.15. The van der Waals surface area contributed by atoms with Gasteiger partial charge in [0.2, 0.25) is 16.2 Å². The molecular weight excluding hydrogens is 406 g/mol. The number of carbonyl (C=O) groups is 1. The van der Waals surface area contributed by atoms with E-state index in [1.54, 1.807) is 7.11 Å². The van der Waals surface area contributed by atoms with Gasteiger partial charge in [0, 0.05) is 18.4 Å². The molecule has 0 fully saturated rings. The number of anilines is 1. The predicted molar refractivity (Wildman–Crippen MR) is 107 cm³/mol. The number of benzene rings is 1. The van der Waals surface area contributed by atoms with Crippen LogP contribution in [0.3, 0.4) is 0 Å². The highest BCUT2D eigenvalue weighted by Crippen LogP contribution is 2.26. The Balaban J connectivity index is 1.52. The molecule has 0 unspecified atom stereocenters. The third kappa shape index (κ3) is 5.42. The van der Waals surface area contributed by atoms with Gasteiger partial charge in [-0.1, -0.05) is 65.2 Å². The number of carbonyl (C=O) groups excluding carboxylic acids is 1. The lowest BCUT2D eigenvalue weighted by atomic mass is 10.2. The molecule has 0 atom stereocenters. The zero-order chi connectivity index (χ0) is 19.1. The average molecular weight is 424 g/mol. The minimum atomic E-state index is -0.214. The van der Waals surface area contributed by atoms with Crippen LogP contribution in [0.25, 0.3) is 11.4 Å². The molecule has 0 spiro atoms. The Bertz CT molecular complexity index is 885. The molecule has 0 aliphatic rings. The number of nitrogen functional groups attached to an aromatic ring is 1. The summed E-state index contributed by atoms with van der Waals surface area (Å²) in [5.74, 6) is 7.29. The standard InChI is InChI=1S/C15H17N7O2S3/c1-24-7-8-25-15-21-19-13(27-15)17-11(23)9-26-14-20-18-12(22(14)16)10-5-3-2-4-6-10/h2-6H,7-9,16H2,1H3,(H,17,19,23). The van der Waals surface area contributed by atoms with Gasteiger partial charge in [-0.15, -0.1) is 20.4 Å². The highest BCUT2D eigenvalue weighted by Gasteiger charge is 2.14. The van der Waals surface area contributed by atoms with Gasteiger partial charge in [-0.05, 0) is 0 Å². The van der Waals surface area contributed by atoms with E-state index in [0.717, 1.165) is 15.7 Å². The Morgan fingerprint density at radius 3 is 2.81 bits per heavy atom. The zero-order valence-electron chi connectivity index (χ0n) is 14.4. The fraction of sp³-hybridized carbons (Fsp3) is 0.267. The van der Waals surface area contributed by atoms with Crippen molar-refractivity contribution in [2.75, 3.05) is 36.4 Å². The van der Waals surface area contributed by atoms with E-state index in [4.69, 9.17) is 10.6 Å². The summed E-state index contributed by atoms with van der Waals surface area (Å²) in [4.78, 5) is 12.1. The van der Waals surface area contributed by atoms with Gasteiger partial charge in [0.05, 0.1) is 12.4 Å². The molecule has 0 radical (unpaired) electrons. The second kappa shape index (κ2) is 9.69. The number of nitrogens with two attached hydrogens (primary N) is 1. The third-order valence-electron chi connectivity index (χ3n) is 3.19. The first kappa shape index (κ1) is 19.6. The molecular formula is C15H17N7O2S3. The average Bonchev–Trinajstić information content (AvgIpc) is 3.27. The van der Waals surface area contributed by atoms with E-state index in [1.165, 1.54) is 39.5 Å². The predicted octanol–water partition coefficient (Wildman–Crippen LogP) is 1.98. The van der Waals surface area contributed by atoms with Gasteiger partial charge < -0.3 is 10.6 Å². The van der Waals surface area contributed by atoms with Crippen molar-refractivity contribution in [1.82, 2.24) is 25.1 Å². The molecule has 9 nitrogen and oxygen atoms in total. The molecule has 3 aromatic rings. The van der Waals surface area contributed by atoms with E-state index in [2.05, 4.69) is 25.7 Å². The van der Waals surface area contributed by atoms with Crippen LogP contribution in [0.4, 0.5) is 5.13 Å². The highest BCUT2D eigenvalue weighted by molar-refractivity contribution is 8.01. The number of nitrogens with one attached hydrogen (secondary N) is 1. The monoisotopic (exact) mass is 423 g/mol. The molecule has 0 aliphatic carbocycles. The molecule has 0 saturated heterocycles.